The average molecular weight is 435 g/mol. The van der Waals surface area contributed by atoms with Gasteiger partial charge in [0.25, 0.3) is 0 Å². The van der Waals surface area contributed by atoms with E-state index in [1.165, 1.54) is 55.2 Å². The zero-order chi connectivity index (χ0) is 21.9. The van der Waals surface area contributed by atoms with Crippen LogP contribution in [0.25, 0.3) is 0 Å². The van der Waals surface area contributed by atoms with Gasteiger partial charge in [0.2, 0.25) is 0 Å². The summed E-state index contributed by atoms with van der Waals surface area (Å²) in [6.07, 6.45) is 12.5. The smallest absolute Gasteiger partial charge is 0.123 e. The summed E-state index contributed by atoms with van der Waals surface area (Å²) in [7, 11) is 0. The third-order valence-corrected chi connectivity index (χ3v) is 7.56. The van der Waals surface area contributed by atoms with Crippen molar-refractivity contribution in [2.75, 3.05) is 19.8 Å². The summed E-state index contributed by atoms with van der Waals surface area (Å²) < 4.78 is 17.5. The molecule has 0 unspecified atom stereocenters. The summed E-state index contributed by atoms with van der Waals surface area (Å²) in [4.78, 5) is 0. The van der Waals surface area contributed by atoms with Crippen LogP contribution in [0.1, 0.15) is 97.1 Å². The van der Waals surface area contributed by atoms with Crippen molar-refractivity contribution in [2.45, 2.75) is 90.3 Å². The van der Waals surface area contributed by atoms with Gasteiger partial charge in [-0.05, 0) is 84.4 Å². The van der Waals surface area contributed by atoms with Crippen molar-refractivity contribution in [1.29, 1.82) is 0 Å². The predicted octanol–water partition coefficient (Wildman–Crippen LogP) is 6.62. The molecule has 3 heteroatoms. The highest BCUT2D eigenvalue weighted by Gasteiger charge is 2.28. The van der Waals surface area contributed by atoms with Crippen molar-refractivity contribution in [2.24, 2.45) is 0 Å². The second-order valence-corrected chi connectivity index (χ2v) is 9.64. The zero-order valence-corrected chi connectivity index (χ0v) is 19.9. The molecule has 3 aliphatic heterocycles. The van der Waals surface area contributed by atoms with Gasteiger partial charge in [0.1, 0.15) is 5.75 Å². The Balaban J connectivity index is 0.000000135. The summed E-state index contributed by atoms with van der Waals surface area (Å²) in [6, 6.07) is 9.07. The molecule has 172 valence electrons. The van der Waals surface area contributed by atoms with Crippen molar-refractivity contribution in [3.05, 3.63) is 63.2 Å². The molecule has 0 N–H and O–H groups in total. The van der Waals surface area contributed by atoms with E-state index in [0.29, 0.717) is 12.2 Å². The first-order valence-corrected chi connectivity index (χ1v) is 12.9. The summed E-state index contributed by atoms with van der Waals surface area (Å²) in [5, 5.41) is 0. The van der Waals surface area contributed by atoms with Gasteiger partial charge in [0.15, 0.2) is 0 Å². The summed E-state index contributed by atoms with van der Waals surface area (Å²) in [6.45, 7) is 7.09. The Bertz CT molecular complexity index is 870. The van der Waals surface area contributed by atoms with Gasteiger partial charge in [-0.1, -0.05) is 44.9 Å². The molecule has 0 fully saturated rings. The fourth-order valence-corrected chi connectivity index (χ4v) is 6.10. The molecular weight excluding hydrogens is 396 g/mol. The molecule has 3 nitrogen and oxygen atoms in total. The first kappa shape index (κ1) is 22.0. The Morgan fingerprint density at radius 1 is 0.656 bits per heavy atom. The van der Waals surface area contributed by atoms with Gasteiger partial charge in [0, 0.05) is 12.0 Å². The Kier molecular flexibility index (Phi) is 6.85. The van der Waals surface area contributed by atoms with E-state index in [0.717, 1.165) is 51.3 Å². The van der Waals surface area contributed by atoms with Crippen LogP contribution in [0.5, 0.6) is 5.75 Å². The van der Waals surface area contributed by atoms with Crippen LogP contribution in [0.2, 0.25) is 0 Å². The van der Waals surface area contributed by atoms with Crippen molar-refractivity contribution in [3.8, 4) is 5.75 Å². The first-order valence-electron chi connectivity index (χ1n) is 12.9. The van der Waals surface area contributed by atoms with Gasteiger partial charge in [-0.25, -0.2) is 0 Å². The minimum absolute atomic E-state index is 0.311. The van der Waals surface area contributed by atoms with Gasteiger partial charge < -0.3 is 14.2 Å². The van der Waals surface area contributed by atoms with Crippen LogP contribution in [-0.4, -0.2) is 19.8 Å². The number of ether oxygens (including phenoxy) is 3. The molecule has 2 aromatic carbocycles. The number of fused-ring (bicyclic) bond motifs is 6. The second-order valence-electron chi connectivity index (χ2n) is 9.64. The molecule has 1 aliphatic carbocycles. The number of hydrogen-bond acceptors (Lipinski definition) is 3. The summed E-state index contributed by atoms with van der Waals surface area (Å²) in [5.74, 6) is 1.09. The monoisotopic (exact) mass is 434 g/mol. The van der Waals surface area contributed by atoms with Crippen molar-refractivity contribution in [3.63, 3.8) is 0 Å². The van der Waals surface area contributed by atoms with E-state index < -0.39 is 0 Å². The van der Waals surface area contributed by atoms with E-state index in [2.05, 4.69) is 38.1 Å². The minimum Gasteiger partial charge on any atom is -0.493 e. The third-order valence-electron chi connectivity index (χ3n) is 7.56. The van der Waals surface area contributed by atoms with Crippen LogP contribution >= 0.6 is 0 Å². The minimum atomic E-state index is 0.311. The Hall–Kier alpha value is -1.84. The maximum Gasteiger partial charge on any atom is 0.123 e. The molecule has 6 rings (SSSR count). The quantitative estimate of drug-likeness (QED) is 0.541. The molecule has 0 bridgehead atoms. The normalized spacial score (nSPS) is 22.7. The highest BCUT2D eigenvalue weighted by molar-refractivity contribution is 5.49. The van der Waals surface area contributed by atoms with Crippen molar-refractivity contribution >= 4 is 0 Å². The SMILES string of the molecule is CCC[C@@H]1OCCc2ccc3c(c21)CCC3.CCC[C@H]1OCCc2ccc3c(c21)CCO3. The van der Waals surface area contributed by atoms with Gasteiger partial charge in [-0.2, -0.15) is 0 Å². The molecular formula is C29H38O3. The van der Waals surface area contributed by atoms with Gasteiger partial charge in [-0.3, -0.25) is 0 Å². The van der Waals surface area contributed by atoms with Crippen molar-refractivity contribution in [1.82, 2.24) is 0 Å². The predicted molar refractivity (Wildman–Crippen MR) is 129 cm³/mol. The molecule has 0 spiro atoms. The van der Waals surface area contributed by atoms with E-state index in [-0.39, 0.29) is 0 Å². The number of rotatable bonds is 4. The van der Waals surface area contributed by atoms with E-state index in [1.807, 2.05) is 0 Å². The lowest BCUT2D eigenvalue weighted by Gasteiger charge is -2.28. The number of benzene rings is 2. The molecule has 0 saturated heterocycles. The Labute approximate surface area is 193 Å². The average Bonchev–Trinajstić information content (AvgIpc) is 3.49. The van der Waals surface area contributed by atoms with E-state index in [1.54, 1.807) is 22.3 Å². The Morgan fingerprint density at radius 2 is 1.28 bits per heavy atom. The third kappa shape index (κ3) is 4.22. The molecule has 2 aromatic rings. The topological polar surface area (TPSA) is 27.7 Å². The molecule has 0 radical (unpaired) electrons. The fourth-order valence-electron chi connectivity index (χ4n) is 6.10. The maximum absolute atomic E-state index is 5.97. The molecule has 0 saturated carbocycles. The first-order chi connectivity index (χ1) is 15.8. The van der Waals surface area contributed by atoms with Gasteiger partial charge >= 0.3 is 0 Å². The summed E-state index contributed by atoms with van der Waals surface area (Å²) in [5.41, 5.74) is 10.7. The van der Waals surface area contributed by atoms with Crippen molar-refractivity contribution < 1.29 is 14.2 Å². The molecule has 0 aromatic heterocycles. The van der Waals surface area contributed by atoms with Crippen LogP contribution in [0.3, 0.4) is 0 Å². The molecule has 2 atom stereocenters. The highest BCUT2D eigenvalue weighted by atomic mass is 16.5. The zero-order valence-electron chi connectivity index (χ0n) is 19.9. The standard InChI is InChI=1S/C15H20O.C14H18O2/c1-2-4-14-15-12(9-10-16-14)8-7-11-5-3-6-13(11)15;1-2-3-13-14-10(6-8-16-13)4-5-12-11(14)7-9-15-12/h7-8,14H,2-6,9-10H2,1H3;4-5,13H,2-3,6-9H2,1H3/t14-;13-/m01/s1. The van der Waals surface area contributed by atoms with Crippen LogP contribution in [-0.2, 0) is 41.6 Å². The number of aryl methyl sites for hydroxylation is 1. The fraction of sp³-hybridized carbons (Fsp3) is 0.586. The number of hydrogen-bond donors (Lipinski definition) is 0. The Morgan fingerprint density at radius 3 is 1.97 bits per heavy atom. The lowest BCUT2D eigenvalue weighted by Crippen LogP contribution is -2.18. The largest absolute Gasteiger partial charge is 0.493 e. The molecule has 0 amide bonds. The van der Waals surface area contributed by atoms with Gasteiger partial charge in [0.05, 0.1) is 32.0 Å². The molecule has 3 heterocycles. The molecule has 32 heavy (non-hydrogen) atoms. The second kappa shape index (κ2) is 9.97. The van der Waals surface area contributed by atoms with Crippen LogP contribution < -0.4 is 4.74 Å². The molecule has 4 aliphatic rings. The van der Waals surface area contributed by atoms with E-state index in [9.17, 15) is 0 Å². The van der Waals surface area contributed by atoms with E-state index >= 15 is 0 Å². The lowest BCUT2D eigenvalue weighted by atomic mass is 9.89. The summed E-state index contributed by atoms with van der Waals surface area (Å²) >= 11 is 0. The maximum atomic E-state index is 5.97. The van der Waals surface area contributed by atoms with E-state index in [4.69, 9.17) is 14.2 Å². The van der Waals surface area contributed by atoms with Gasteiger partial charge in [-0.15, -0.1) is 0 Å². The lowest BCUT2D eigenvalue weighted by molar-refractivity contribution is 0.0354. The van der Waals surface area contributed by atoms with Crippen LogP contribution in [0, 0.1) is 0 Å². The highest BCUT2D eigenvalue weighted by Crippen LogP contribution is 2.40. The van der Waals surface area contributed by atoms with Crippen LogP contribution in [0.4, 0.5) is 0 Å². The van der Waals surface area contributed by atoms with Crippen LogP contribution in [0.15, 0.2) is 24.3 Å².